The van der Waals surface area contributed by atoms with Crippen LogP contribution in [0.4, 0.5) is 0 Å². The zero-order valence-electron chi connectivity index (χ0n) is 12.1. The van der Waals surface area contributed by atoms with Gasteiger partial charge in [0.15, 0.2) is 0 Å². The highest BCUT2D eigenvalue weighted by molar-refractivity contribution is 5.89. The second-order valence-electron chi connectivity index (χ2n) is 5.64. The van der Waals surface area contributed by atoms with Crippen LogP contribution in [-0.2, 0) is 16.0 Å². The second-order valence-corrected chi connectivity index (χ2v) is 5.64. The summed E-state index contributed by atoms with van der Waals surface area (Å²) < 4.78 is 0. The minimum Gasteiger partial charge on any atom is -0.354 e. The highest BCUT2D eigenvalue weighted by Gasteiger charge is 2.33. The van der Waals surface area contributed by atoms with Gasteiger partial charge in [0.2, 0.25) is 11.8 Å². The lowest BCUT2D eigenvalue weighted by Crippen LogP contribution is -2.37. The van der Waals surface area contributed by atoms with Crippen LogP contribution in [-0.4, -0.2) is 35.8 Å². The average molecular weight is 274 g/mol. The van der Waals surface area contributed by atoms with E-state index in [1.807, 2.05) is 32.0 Å². The molecule has 1 N–H and O–H groups in total. The van der Waals surface area contributed by atoms with Crippen LogP contribution in [0.15, 0.2) is 30.3 Å². The van der Waals surface area contributed by atoms with Crippen LogP contribution < -0.4 is 5.32 Å². The van der Waals surface area contributed by atoms with E-state index in [0.29, 0.717) is 19.5 Å². The number of amides is 2. The maximum absolute atomic E-state index is 11.9. The van der Waals surface area contributed by atoms with Gasteiger partial charge in [0.25, 0.3) is 0 Å². The summed E-state index contributed by atoms with van der Waals surface area (Å²) in [7, 11) is 0. The van der Waals surface area contributed by atoms with Crippen molar-refractivity contribution in [1.82, 2.24) is 10.2 Å². The molecule has 1 saturated heterocycles. The quantitative estimate of drug-likeness (QED) is 0.886. The van der Waals surface area contributed by atoms with Crippen molar-refractivity contribution in [2.75, 3.05) is 13.1 Å². The molecule has 0 bridgehead atoms. The number of benzene rings is 1. The first-order chi connectivity index (χ1) is 9.56. The van der Waals surface area contributed by atoms with Crippen molar-refractivity contribution in [3.63, 3.8) is 0 Å². The van der Waals surface area contributed by atoms with Gasteiger partial charge in [-0.1, -0.05) is 30.3 Å². The zero-order valence-corrected chi connectivity index (χ0v) is 12.1. The standard InChI is InChI=1S/C16H22N2O2/c1-12(2)17-16(20)14-10-15(19)18(11-14)9-8-13-6-4-3-5-7-13/h3-7,12,14H,8-11H2,1-2H3,(H,17,20). The van der Waals surface area contributed by atoms with Gasteiger partial charge in [0.05, 0.1) is 5.92 Å². The molecule has 4 nitrogen and oxygen atoms in total. The zero-order chi connectivity index (χ0) is 14.5. The summed E-state index contributed by atoms with van der Waals surface area (Å²) in [6.45, 7) is 5.10. The number of nitrogens with one attached hydrogen (secondary N) is 1. The summed E-state index contributed by atoms with van der Waals surface area (Å²) in [4.78, 5) is 25.7. The van der Waals surface area contributed by atoms with Crippen LogP contribution in [0, 0.1) is 5.92 Å². The molecule has 2 amide bonds. The second kappa shape index (κ2) is 6.55. The molecule has 1 aliphatic rings. The van der Waals surface area contributed by atoms with Crippen LogP contribution in [0.2, 0.25) is 0 Å². The molecule has 1 fully saturated rings. The van der Waals surface area contributed by atoms with E-state index in [1.165, 1.54) is 5.56 Å². The van der Waals surface area contributed by atoms with E-state index in [1.54, 1.807) is 4.90 Å². The van der Waals surface area contributed by atoms with Crippen LogP contribution in [0.25, 0.3) is 0 Å². The SMILES string of the molecule is CC(C)NC(=O)C1CC(=O)N(CCc2ccccc2)C1. The van der Waals surface area contributed by atoms with Crippen LogP contribution >= 0.6 is 0 Å². The predicted octanol–water partition coefficient (Wildman–Crippen LogP) is 1.60. The van der Waals surface area contributed by atoms with Gasteiger partial charge in [-0.25, -0.2) is 0 Å². The molecule has 1 heterocycles. The summed E-state index contributed by atoms with van der Waals surface area (Å²) in [5.74, 6) is -0.110. The molecule has 1 atom stereocenters. The first-order valence-electron chi connectivity index (χ1n) is 7.18. The highest BCUT2D eigenvalue weighted by Crippen LogP contribution is 2.18. The Morgan fingerprint density at radius 1 is 1.35 bits per heavy atom. The number of carbonyl (C=O) groups is 2. The van der Waals surface area contributed by atoms with Gasteiger partial charge in [-0.2, -0.15) is 0 Å². The van der Waals surface area contributed by atoms with Crippen LogP contribution in [0.1, 0.15) is 25.8 Å². The number of hydrogen-bond acceptors (Lipinski definition) is 2. The molecular formula is C16H22N2O2. The van der Waals surface area contributed by atoms with Crippen molar-refractivity contribution in [3.8, 4) is 0 Å². The first-order valence-corrected chi connectivity index (χ1v) is 7.18. The summed E-state index contributed by atoms with van der Waals surface area (Å²) in [5.41, 5.74) is 1.22. The highest BCUT2D eigenvalue weighted by atomic mass is 16.2. The van der Waals surface area contributed by atoms with Gasteiger partial charge in [0.1, 0.15) is 0 Å². The smallest absolute Gasteiger partial charge is 0.225 e. The Morgan fingerprint density at radius 2 is 2.05 bits per heavy atom. The van der Waals surface area contributed by atoms with E-state index >= 15 is 0 Å². The number of hydrogen-bond donors (Lipinski definition) is 1. The molecule has 20 heavy (non-hydrogen) atoms. The number of likely N-dealkylation sites (tertiary alicyclic amines) is 1. The molecular weight excluding hydrogens is 252 g/mol. The Hall–Kier alpha value is -1.84. The van der Waals surface area contributed by atoms with Crippen molar-refractivity contribution in [2.24, 2.45) is 5.92 Å². The summed E-state index contributed by atoms with van der Waals surface area (Å²) in [5, 5.41) is 2.88. The molecule has 0 aromatic heterocycles. The maximum Gasteiger partial charge on any atom is 0.225 e. The summed E-state index contributed by atoms with van der Waals surface area (Å²) >= 11 is 0. The maximum atomic E-state index is 11.9. The minimum atomic E-state index is -0.194. The topological polar surface area (TPSA) is 49.4 Å². The van der Waals surface area contributed by atoms with Crippen molar-refractivity contribution in [2.45, 2.75) is 32.7 Å². The van der Waals surface area contributed by atoms with Gasteiger partial charge in [-0.3, -0.25) is 9.59 Å². The number of carbonyl (C=O) groups excluding carboxylic acids is 2. The Morgan fingerprint density at radius 3 is 2.70 bits per heavy atom. The molecule has 4 heteroatoms. The molecule has 108 valence electrons. The first kappa shape index (κ1) is 14.6. The van der Waals surface area contributed by atoms with E-state index in [9.17, 15) is 9.59 Å². The average Bonchev–Trinajstić information content (AvgIpc) is 2.78. The molecule has 1 unspecified atom stereocenters. The molecule has 1 aromatic carbocycles. The fourth-order valence-corrected chi connectivity index (χ4v) is 2.47. The Bertz CT molecular complexity index is 471. The summed E-state index contributed by atoms with van der Waals surface area (Å²) in [6.07, 6.45) is 1.18. The fraction of sp³-hybridized carbons (Fsp3) is 0.500. The lowest BCUT2D eigenvalue weighted by Gasteiger charge is -2.17. The van der Waals surface area contributed by atoms with E-state index in [0.717, 1.165) is 6.42 Å². The molecule has 1 aromatic rings. The molecule has 2 rings (SSSR count). The molecule has 1 aliphatic heterocycles. The van der Waals surface area contributed by atoms with Gasteiger partial charge in [-0.15, -0.1) is 0 Å². The summed E-state index contributed by atoms with van der Waals surface area (Å²) in [6, 6.07) is 10.2. The van der Waals surface area contributed by atoms with E-state index in [2.05, 4.69) is 17.4 Å². The van der Waals surface area contributed by atoms with Gasteiger partial charge in [-0.05, 0) is 25.8 Å². The largest absolute Gasteiger partial charge is 0.354 e. The Labute approximate surface area is 120 Å². The van der Waals surface area contributed by atoms with Crippen LogP contribution in [0.5, 0.6) is 0 Å². The van der Waals surface area contributed by atoms with E-state index < -0.39 is 0 Å². The van der Waals surface area contributed by atoms with Gasteiger partial charge >= 0.3 is 0 Å². The minimum absolute atomic E-state index is 0.00411. The van der Waals surface area contributed by atoms with E-state index in [-0.39, 0.29) is 23.8 Å². The lowest BCUT2D eigenvalue weighted by atomic mass is 10.1. The Balaban J connectivity index is 1.85. The van der Waals surface area contributed by atoms with Crippen molar-refractivity contribution in [1.29, 1.82) is 0 Å². The number of rotatable bonds is 5. The lowest BCUT2D eigenvalue weighted by molar-refractivity contribution is -0.129. The van der Waals surface area contributed by atoms with Crippen molar-refractivity contribution < 1.29 is 9.59 Å². The third-order valence-corrected chi connectivity index (χ3v) is 3.53. The fourth-order valence-electron chi connectivity index (χ4n) is 2.47. The third kappa shape index (κ3) is 3.83. The third-order valence-electron chi connectivity index (χ3n) is 3.53. The monoisotopic (exact) mass is 274 g/mol. The van der Waals surface area contributed by atoms with Crippen LogP contribution in [0.3, 0.4) is 0 Å². The van der Waals surface area contributed by atoms with Gasteiger partial charge in [0, 0.05) is 25.6 Å². The van der Waals surface area contributed by atoms with Gasteiger partial charge < -0.3 is 10.2 Å². The molecule has 0 aliphatic carbocycles. The molecule has 0 radical (unpaired) electrons. The number of nitrogens with zero attached hydrogens (tertiary/aromatic N) is 1. The van der Waals surface area contributed by atoms with Crippen molar-refractivity contribution >= 4 is 11.8 Å². The van der Waals surface area contributed by atoms with E-state index in [4.69, 9.17) is 0 Å². The molecule has 0 spiro atoms. The van der Waals surface area contributed by atoms with Crippen molar-refractivity contribution in [3.05, 3.63) is 35.9 Å². The predicted molar refractivity (Wildman–Crippen MR) is 78.1 cm³/mol. The Kier molecular flexibility index (Phi) is 4.77. The molecule has 0 saturated carbocycles. The normalized spacial score (nSPS) is 18.6.